The van der Waals surface area contributed by atoms with Crippen molar-refractivity contribution in [3.8, 4) is 0 Å². The lowest BCUT2D eigenvalue weighted by atomic mass is 10.00. The molecule has 6 heteroatoms. The highest BCUT2D eigenvalue weighted by molar-refractivity contribution is 8.29. The average Bonchev–Trinajstić information content (AvgIpc) is 2.33. The van der Waals surface area contributed by atoms with Gasteiger partial charge in [-0.05, 0) is 16.2 Å². The number of hydrogen-bond acceptors (Lipinski definition) is 4. The fourth-order valence-corrected chi connectivity index (χ4v) is 8.95. The molecule has 20 heavy (non-hydrogen) atoms. The van der Waals surface area contributed by atoms with Gasteiger partial charge in [0.1, 0.15) is 7.22 Å². The molecule has 0 spiro atoms. The summed E-state index contributed by atoms with van der Waals surface area (Å²) in [5.41, 5.74) is 0.147. The van der Waals surface area contributed by atoms with E-state index in [2.05, 4.69) is 58.9 Å². The van der Waals surface area contributed by atoms with Crippen LogP contribution in [0.1, 0.15) is 34.6 Å². The topological polar surface area (TPSA) is 27.7 Å². The third-order valence-electron chi connectivity index (χ3n) is 4.26. The van der Waals surface area contributed by atoms with E-state index < -0.39 is 16.0 Å². The van der Waals surface area contributed by atoms with Gasteiger partial charge in [0.05, 0.1) is 0 Å². The van der Waals surface area contributed by atoms with Crippen molar-refractivity contribution >= 4 is 27.2 Å². The van der Waals surface area contributed by atoms with Crippen molar-refractivity contribution in [1.82, 2.24) is 0 Å². The zero-order valence-electron chi connectivity index (χ0n) is 15.0. The van der Waals surface area contributed by atoms with Crippen LogP contribution in [0.3, 0.4) is 0 Å². The van der Waals surface area contributed by atoms with E-state index in [0.29, 0.717) is 5.04 Å². The zero-order chi connectivity index (χ0) is 16.2. The molecule has 0 fully saturated rings. The summed E-state index contributed by atoms with van der Waals surface area (Å²) in [5, 5.41) is 0.409. The van der Waals surface area contributed by atoms with Gasteiger partial charge in [-0.3, -0.25) is 0 Å². The number of hydrogen-bond donors (Lipinski definition) is 0. The molecular weight excluding hydrogens is 304 g/mol. The predicted octanol–water partition coefficient (Wildman–Crippen LogP) is 4.63. The molecular formula is C14H34O3SSi2. The molecule has 0 aromatic carbocycles. The fraction of sp³-hybridized carbons (Fsp3) is 1.00. The van der Waals surface area contributed by atoms with Gasteiger partial charge in [0, 0.05) is 27.4 Å². The molecule has 0 aliphatic carbocycles. The van der Waals surface area contributed by atoms with Crippen molar-refractivity contribution in [2.45, 2.75) is 58.8 Å². The summed E-state index contributed by atoms with van der Waals surface area (Å²) in [7, 11) is 1.27. The van der Waals surface area contributed by atoms with E-state index in [1.54, 1.807) is 21.3 Å². The molecule has 0 saturated carbocycles. The van der Waals surface area contributed by atoms with Gasteiger partial charge in [-0.1, -0.05) is 47.7 Å². The van der Waals surface area contributed by atoms with Gasteiger partial charge in [0.2, 0.25) is 0 Å². The second kappa shape index (κ2) is 7.28. The van der Waals surface area contributed by atoms with E-state index in [1.807, 2.05) is 0 Å². The lowest BCUT2D eigenvalue weighted by Crippen LogP contribution is -2.47. The van der Waals surface area contributed by atoms with Crippen LogP contribution in [0.2, 0.25) is 24.2 Å². The first-order chi connectivity index (χ1) is 8.85. The van der Waals surface area contributed by atoms with Crippen LogP contribution in [0.15, 0.2) is 0 Å². The van der Waals surface area contributed by atoms with E-state index in [-0.39, 0.29) is 5.41 Å². The normalized spacial score (nSPS) is 14.7. The summed E-state index contributed by atoms with van der Waals surface area (Å²) in [6.45, 7) is 16.6. The van der Waals surface area contributed by atoms with Gasteiger partial charge in [-0.25, -0.2) is 0 Å². The van der Waals surface area contributed by atoms with Crippen LogP contribution < -0.4 is 0 Å². The van der Waals surface area contributed by atoms with Gasteiger partial charge in [0.25, 0.3) is 0 Å². The Kier molecular flexibility index (Phi) is 7.53. The van der Waals surface area contributed by atoms with Crippen LogP contribution in [-0.2, 0) is 13.3 Å². The Hall–Kier alpha value is 0.664. The third-order valence-corrected chi connectivity index (χ3v) is 17.2. The van der Waals surface area contributed by atoms with E-state index in [1.165, 1.54) is 0 Å². The summed E-state index contributed by atoms with van der Waals surface area (Å²) in [4.78, 5) is 0. The van der Waals surface area contributed by atoms with Crippen molar-refractivity contribution in [3.63, 3.8) is 0 Å². The van der Waals surface area contributed by atoms with Gasteiger partial charge in [-0.2, -0.15) is 11.2 Å². The summed E-state index contributed by atoms with van der Waals surface area (Å²) >= 11 is 2.16. The zero-order valence-corrected chi connectivity index (χ0v) is 17.9. The van der Waals surface area contributed by atoms with Crippen molar-refractivity contribution in [2.75, 3.05) is 27.1 Å². The molecule has 0 aliphatic rings. The second-order valence-electron chi connectivity index (χ2n) is 7.69. The maximum absolute atomic E-state index is 5.57. The molecule has 0 heterocycles. The van der Waals surface area contributed by atoms with E-state index in [0.717, 1.165) is 11.8 Å². The Labute approximate surface area is 132 Å². The molecule has 0 atom stereocenters. The second-order valence-corrected chi connectivity index (χ2v) is 19.7. The Bertz CT molecular complexity index is 289. The van der Waals surface area contributed by atoms with Crippen LogP contribution in [0.4, 0.5) is 0 Å². The Morgan fingerprint density at radius 1 is 0.850 bits per heavy atom. The molecule has 0 rings (SSSR count). The minimum absolute atomic E-state index is 0.147. The fourth-order valence-electron chi connectivity index (χ4n) is 1.70. The van der Waals surface area contributed by atoms with Crippen LogP contribution in [0.5, 0.6) is 0 Å². The lowest BCUT2D eigenvalue weighted by Gasteiger charge is -2.40. The highest BCUT2D eigenvalue weighted by atomic mass is 32.4. The van der Waals surface area contributed by atoms with Gasteiger partial charge in [0.15, 0.2) is 0 Å². The van der Waals surface area contributed by atoms with Crippen molar-refractivity contribution in [3.05, 3.63) is 0 Å². The highest BCUT2D eigenvalue weighted by Gasteiger charge is 2.45. The standard InChI is InChI=1S/C14H34O3SSi2/c1-13(2,3)19(9,10)18-11-14(4,5)12-20(15-6,16-7)17-8/h11-12H2,1-10H3. The molecule has 3 nitrogen and oxygen atoms in total. The lowest BCUT2D eigenvalue weighted by molar-refractivity contribution is 0.113. The van der Waals surface area contributed by atoms with E-state index in [9.17, 15) is 0 Å². The molecule has 0 unspecified atom stereocenters. The maximum Gasteiger partial charge on any atom is 0.500 e. The summed E-state index contributed by atoms with van der Waals surface area (Å²) in [5.74, 6) is 1.12. The number of rotatable bonds is 8. The molecule has 0 amide bonds. The smallest absolute Gasteiger partial charge is 0.377 e. The Morgan fingerprint density at radius 3 is 1.55 bits per heavy atom. The molecule has 0 radical (unpaired) electrons. The first-order valence-electron chi connectivity index (χ1n) is 7.14. The largest absolute Gasteiger partial charge is 0.500 e. The Morgan fingerprint density at radius 2 is 1.25 bits per heavy atom. The van der Waals surface area contributed by atoms with Crippen molar-refractivity contribution in [2.24, 2.45) is 5.41 Å². The molecule has 0 saturated heterocycles. The highest BCUT2D eigenvalue weighted by Crippen LogP contribution is 2.46. The van der Waals surface area contributed by atoms with Crippen LogP contribution in [-0.4, -0.2) is 43.1 Å². The maximum atomic E-state index is 5.57. The first-order valence-corrected chi connectivity index (χ1v) is 13.8. The van der Waals surface area contributed by atoms with E-state index in [4.69, 9.17) is 13.3 Å². The third kappa shape index (κ3) is 5.81. The summed E-state index contributed by atoms with van der Waals surface area (Å²) in [6, 6.07) is 0.852. The first kappa shape index (κ1) is 20.7. The van der Waals surface area contributed by atoms with Crippen LogP contribution in [0, 0.1) is 5.41 Å². The monoisotopic (exact) mass is 338 g/mol. The van der Waals surface area contributed by atoms with Gasteiger partial charge >= 0.3 is 8.80 Å². The molecule has 0 N–H and O–H groups in total. The average molecular weight is 339 g/mol. The SMILES string of the molecule is CO[Si](CC(C)(C)CS[Si](C)(C)C(C)(C)C)(OC)OC. The van der Waals surface area contributed by atoms with Crippen LogP contribution in [0.25, 0.3) is 0 Å². The summed E-state index contributed by atoms with van der Waals surface area (Å²) < 4.78 is 16.7. The molecule has 0 bridgehead atoms. The minimum atomic E-state index is -2.49. The molecule has 122 valence electrons. The van der Waals surface area contributed by atoms with Gasteiger partial charge in [-0.15, -0.1) is 0 Å². The minimum Gasteiger partial charge on any atom is -0.377 e. The summed E-state index contributed by atoms with van der Waals surface area (Å²) in [6.07, 6.45) is 0. The molecule has 0 aromatic heterocycles. The molecule has 0 aliphatic heterocycles. The van der Waals surface area contributed by atoms with Gasteiger partial charge < -0.3 is 13.3 Å². The quantitative estimate of drug-likeness (QED) is 0.603. The molecule has 0 aromatic rings. The van der Waals surface area contributed by atoms with Crippen LogP contribution >= 0.6 is 11.2 Å². The van der Waals surface area contributed by atoms with E-state index >= 15 is 0 Å². The predicted molar refractivity (Wildman–Crippen MR) is 95.0 cm³/mol. The van der Waals surface area contributed by atoms with Crippen molar-refractivity contribution in [1.29, 1.82) is 0 Å². The van der Waals surface area contributed by atoms with Crippen molar-refractivity contribution < 1.29 is 13.3 Å². The Balaban J connectivity index is 4.76.